The first-order valence-electron chi connectivity index (χ1n) is 8.09. The normalized spacial score (nSPS) is 16.5. The van der Waals surface area contributed by atoms with E-state index in [2.05, 4.69) is 18.8 Å². The molecule has 1 aromatic heterocycles. The Kier molecular flexibility index (Phi) is 3.95. The lowest BCUT2D eigenvalue weighted by atomic mass is 9.82. The first kappa shape index (κ1) is 16.3. The third-order valence-electron chi connectivity index (χ3n) is 4.22. The molecule has 1 aliphatic heterocycles. The van der Waals surface area contributed by atoms with Gasteiger partial charge in [0.2, 0.25) is 6.41 Å². The van der Waals surface area contributed by atoms with Crippen LogP contribution in [-0.2, 0) is 19.7 Å². The van der Waals surface area contributed by atoms with Gasteiger partial charge in [0.05, 0.1) is 17.4 Å². The number of H-pyrrole nitrogens is 1. The number of hydrogen-bond donors (Lipinski definition) is 1. The molecule has 24 heavy (non-hydrogen) atoms. The number of carbonyl (C=O) groups excluding carboxylic acids is 2. The number of amides is 1. The van der Waals surface area contributed by atoms with Crippen molar-refractivity contribution < 1.29 is 14.3 Å². The fraction of sp³-hybridized carbons (Fsp3) is 0.368. The second-order valence-corrected chi connectivity index (χ2v) is 7.08. The Labute approximate surface area is 141 Å². The average Bonchev–Trinajstić information content (AvgIpc) is 2.85. The number of benzene rings is 1. The van der Waals surface area contributed by atoms with Crippen molar-refractivity contribution >= 4 is 28.9 Å². The fourth-order valence-electron chi connectivity index (χ4n) is 3.36. The summed E-state index contributed by atoms with van der Waals surface area (Å²) in [5.74, 6) is -0.428. The van der Waals surface area contributed by atoms with Crippen LogP contribution in [0, 0.1) is 0 Å². The quantitative estimate of drug-likeness (QED) is 0.696. The van der Waals surface area contributed by atoms with E-state index in [1.54, 1.807) is 6.20 Å². The maximum Gasteiger partial charge on any atom is 0.342 e. The number of aromatic amines is 1. The number of fused-ring (bicyclic) bond motifs is 3. The molecule has 0 atom stereocenters. The van der Waals surface area contributed by atoms with E-state index >= 15 is 0 Å². The molecule has 1 aliphatic rings. The molecular formula is C19H22N2O3. The highest BCUT2D eigenvalue weighted by Crippen LogP contribution is 2.39. The summed E-state index contributed by atoms with van der Waals surface area (Å²) in [5, 5.41) is 1.06. The summed E-state index contributed by atoms with van der Waals surface area (Å²) in [4.78, 5) is 28.9. The van der Waals surface area contributed by atoms with Gasteiger partial charge in [0.15, 0.2) is 0 Å². The van der Waals surface area contributed by atoms with Gasteiger partial charge in [-0.05, 0) is 25.5 Å². The van der Waals surface area contributed by atoms with Crippen molar-refractivity contribution in [3.05, 3.63) is 41.7 Å². The van der Waals surface area contributed by atoms with Crippen molar-refractivity contribution in [3.8, 4) is 0 Å². The van der Waals surface area contributed by atoms with E-state index in [0.29, 0.717) is 12.1 Å². The standard InChI is InChI=1S/C19H22N2O3/c1-12(2)24-18(23)14-9-21(11-22)10-19(3,4)16-13-7-5-6-8-15(13)20-17(14)16/h5-9,11-12,20H,10H2,1-4H3. The summed E-state index contributed by atoms with van der Waals surface area (Å²) >= 11 is 0. The largest absolute Gasteiger partial charge is 0.459 e. The van der Waals surface area contributed by atoms with Gasteiger partial charge in [0.1, 0.15) is 0 Å². The summed E-state index contributed by atoms with van der Waals surface area (Å²) in [5.41, 5.74) is 2.81. The van der Waals surface area contributed by atoms with Crippen LogP contribution in [0.25, 0.3) is 16.5 Å². The molecule has 126 valence electrons. The number of nitrogens with one attached hydrogen (secondary N) is 1. The van der Waals surface area contributed by atoms with Gasteiger partial charge < -0.3 is 14.6 Å². The van der Waals surface area contributed by atoms with Gasteiger partial charge in [-0.1, -0.05) is 32.0 Å². The minimum Gasteiger partial charge on any atom is -0.459 e. The van der Waals surface area contributed by atoms with Crippen LogP contribution in [-0.4, -0.2) is 34.9 Å². The van der Waals surface area contributed by atoms with Crippen LogP contribution in [0.4, 0.5) is 0 Å². The van der Waals surface area contributed by atoms with Gasteiger partial charge in [0.25, 0.3) is 0 Å². The molecule has 3 rings (SSSR count). The van der Waals surface area contributed by atoms with E-state index in [-0.39, 0.29) is 11.5 Å². The lowest BCUT2D eigenvalue weighted by Gasteiger charge is -2.27. The summed E-state index contributed by atoms with van der Waals surface area (Å²) in [6.45, 7) is 8.26. The molecule has 0 saturated carbocycles. The van der Waals surface area contributed by atoms with Crippen LogP contribution in [0.1, 0.15) is 39.0 Å². The maximum atomic E-state index is 12.6. The number of hydrogen-bond acceptors (Lipinski definition) is 3. The zero-order valence-corrected chi connectivity index (χ0v) is 14.4. The van der Waals surface area contributed by atoms with Gasteiger partial charge >= 0.3 is 5.97 Å². The Morgan fingerprint density at radius 1 is 1.33 bits per heavy atom. The number of ether oxygens (including phenoxy) is 1. The smallest absolute Gasteiger partial charge is 0.342 e. The van der Waals surface area contributed by atoms with Crippen LogP contribution in [0.15, 0.2) is 30.5 Å². The number of para-hydroxylation sites is 1. The fourth-order valence-corrected chi connectivity index (χ4v) is 3.36. The Morgan fingerprint density at radius 2 is 2.04 bits per heavy atom. The maximum absolute atomic E-state index is 12.6. The van der Waals surface area contributed by atoms with E-state index < -0.39 is 5.97 Å². The number of carbonyl (C=O) groups is 2. The SMILES string of the molecule is CC(C)OC(=O)C1=CN(C=O)CC(C)(C)c2c1[nH]c1ccccc21. The predicted molar refractivity (Wildman–Crippen MR) is 93.3 cm³/mol. The van der Waals surface area contributed by atoms with Crippen molar-refractivity contribution in [3.63, 3.8) is 0 Å². The summed E-state index contributed by atoms with van der Waals surface area (Å²) in [6.07, 6.45) is 2.10. The highest BCUT2D eigenvalue weighted by atomic mass is 16.5. The third kappa shape index (κ3) is 2.70. The lowest BCUT2D eigenvalue weighted by molar-refractivity contribution is -0.140. The van der Waals surface area contributed by atoms with Crippen molar-refractivity contribution in [2.45, 2.75) is 39.2 Å². The van der Waals surface area contributed by atoms with Gasteiger partial charge in [-0.25, -0.2) is 4.79 Å². The van der Waals surface area contributed by atoms with Crippen LogP contribution in [0.5, 0.6) is 0 Å². The third-order valence-corrected chi connectivity index (χ3v) is 4.22. The molecule has 0 radical (unpaired) electrons. The Morgan fingerprint density at radius 3 is 2.71 bits per heavy atom. The molecule has 0 saturated heterocycles. The van der Waals surface area contributed by atoms with Crippen LogP contribution in [0.3, 0.4) is 0 Å². The van der Waals surface area contributed by atoms with Gasteiger partial charge in [-0.3, -0.25) is 4.79 Å². The second-order valence-electron chi connectivity index (χ2n) is 7.08. The molecule has 5 heteroatoms. The molecule has 0 spiro atoms. The minimum absolute atomic E-state index is 0.229. The number of nitrogens with zero attached hydrogens (tertiary/aromatic N) is 1. The van der Waals surface area contributed by atoms with Gasteiger partial charge in [-0.15, -0.1) is 0 Å². The van der Waals surface area contributed by atoms with Crippen molar-refractivity contribution in [2.24, 2.45) is 0 Å². The van der Waals surface area contributed by atoms with Gasteiger partial charge in [-0.2, -0.15) is 0 Å². The highest BCUT2D eigenvalue weighted by Gasteiger charge is 2.35. The first-order valence-corrected chi connectivity index (χ1v) is 8.09. The van der Waals surface area contributed by atoms with Crippen LogP contribution < -0.4 is 0 Å². The predicted octanol–water partition coefficient (Wildman–Crippen LogP) is 3.21. The molecule has 1 amide bonds. The molecule has 5 nitrogen and oxygen atoms in total. The second kappa shape index (κ2) is 5.82. The van der Waals surface area contributed by atoms with E-state index in [0.717, 1.165) is 28.6 Å². The molecule has 1 aromatic carbocycles. The monoisotopic (exact) mass is 326 g/mol. The zero-order chi connectivity index (χ0) is 17.5. The molecule has 2 aromatic rings. The van der Waals surface area contributed by atoms with Crippen molar-refractivity contribution in [1.82, 2.24) is 9.88 Å². The van der Waals surface area contributed by atoms with Crippen LogP contribution >= 0.6 is 0 Å². The summed E-state index contributed by atoms with van der Waals surface area (Å²) in [6, 6.07) is 7.96. The number of esters is 1. The molecule has 0 bridgehead atoms. The molecule has 2 heterocycles. The number of aromatic nitrogens is 1. The molecule has 0 unspecified atom stereocenters. The summed E-state index contributed by atoms with van der Waals surface area (Å²) in [7, 11) is 0. The van der Waals surface area contributed by atoms with Crippen molar-refractivity contribution in [1.29, 1.82) is 0 Å². The summed E-state index contributed by atoms with van der Waals surface area (Å²) < 4.78 is 5.39. The van der Waals surface area contributed by atoms with Gasteiger partial charge in [0, 0.05) is 29.1 Å². The highest BCUT2D eigenvalue weighted by molar-refractivity contribution is 6.18. The Bertz CT molecular complexity index is 830. The number of rotatable bonds is 3. The molecule has 0 aliphatic carbocycles. The van der Waals surface area contributed by atoms with E-state index in [1.165, 1.54) is 4.90 Å². The lowest BCUT2D eigenvalue weighted by Crippen LogP contribution is -2.32. The average molecular weight is 326 g/mol. The first-order chi connectivity index (χ1) is 11.3. The van der Waals surface area contributed by atoms with Crippen LogP contribution in [0.2, 0.25) is 0 Å². The van der Waals surface area contributed by atoms with E-state index in [4.69, 9.17) is 4.74 Å². The van der Waals surface area contributed by atoms with Crippen molar-refractivity contribution in [2.75, 3.05) is 6.54 Å². The molecule has 1 N–H and O–H groups in total. The minimum atomic E-state index is -0.428. The molecular weight excluding hydrogens is 304 g/mol. The van der Waals surface area contributed by atoms with E-state index in [1.807, 2.05) is 38.1 Å². The molecule has 0 fully saturated rings. The topological polar surface area (TPSA) is 62.4 Å². The Hall–Kier alpha value is -2.56. The zero-order valence-electron chi connectivity index (χ0n) is 14.4. The Balaban J connectivity index is 2.26. The van der Waals surface area contributed by atoms with E-state index in [9.17, 15) is 9.59 Å².